The Morgan fingerprint density at radius 2 is 2.00 bits per heavy atom. The highest BCUT2D eigenvalue weighted by Crippen LogP contribution is 2.23. The summed E-state index contributed by atoms with van der Waals surface area (Å²) in [4.78, 5) is 13.6. The van der Waals surface area contributed by atoms with Crippen LogP contribution >= 0.6 is 0 Å². The van der Waals surface area contributed by atoms with Gasteiger partial charge in [-0.2, -0.15) is 0 Å². The van der Waals surface area contributed by atoms with Gasteiger partial charge in [-0.25, -0.2) is 0 Å². The Morgan fingerprint density at radius 3 is 2.65 bits per heavy atom. The lowest BCUT2D eigenvalue weighted by Gasteiger charge is -2.27. The van der Waals surface area contributed by atoms with Crippen LogP contribution in [0.5, 0.6) is 0 Å². The molecule has 20 heavy (non-hydrogen) atoms. The van der Waals surface area contributed by atoms with Crippen molar-refractivity contribution in [1.29, 1.82) is 0 Å². The third-order valence-corrected chi connectivity index (χ3v) is 3.52. The first-order valence-corrected chi connectivity index (χ1v) is 7.28. The van der Waals surface area contributed by atoms with Gasteiger partial charge in [0.05, 0.1) is 13.2 Å². The van der Waals surface area contributed by atoms with Crippen LogP contribution in [-0.2, 0) is 14.3 Å². The molecule has 1 aliphatic rings. The third kappa shape index (κ3) is 4.94. The van der Waals surface area contributed by atoms with Crippen LogP contribution in [0.3, 0.4) is 0 Å². The Morgan fingerprint density at radius 1 is 1.30 bits per heavy atom. The molecule has 1 aliphatic heterocycles. The van der Waals surface area contributed by atoms with Crippen molar-refractivity contribution in [3.05, 3.63) is 35.9 Å². The minimum atomic E-state index is -0.217. The van der Waals surface area contributed by atoms with Gasteiger partial charge in [0.2, 0.25) is 0 Å². The molecule has 0 amide bonds. The maximum absolute atomic E-state index is 11.2. The molecule has 110 valence electrons. The summed E-state index contributed by atoms with van der Waals surface area (Å²) in [6.07, 6.45) is 1.75. The molecule has 0 N–H and O–H groups in total. The number of rotatable bonds is 6. The van der Waals surface area contributed by atoms with Gasteiger partial charge in [0, 0.05) is 20.0 Å². The zero-order valence-corrected chi connectivity index (χ0v) is 12.1. The van der Waals surface area contributed by atoms with Crippen molar-refractivity contribution in [2.45, 2.75) is 25.9 Å². The summed E-state index contributed by atoms with van der Waals surface area (Å²) in [6.45, 7) is 6.16. The predicted molar refractivity (Wildman–Crippen MR) is 77.4 cm³/mol. The second-order valence-electron chi connectivity index (χ2n) is 5.11. The van der Waals surface area contributed by atoms with E-state index in [0.717, 1.165) is 51.3 Å². The number of benzene rings is 1. The summed E-state index contributed by atoms with van der Waals surface area (Å²) in [5.41, 5.74) is 1.07. The summed E-state index contributed by atoms with van der Waals surface area (Å²) in [6, 6.07) is 9.97. The highest BCUT2D eigenvalue weighted by molar-refractivity contribution is 5.66. The van der Waals surface area contributed by atoms with Crippen molar-refractivity contribution in [2.75, 3.05) is 32.8 Å². The van der Waals surface area contributed by atoms with Gasteiger partial charge in [-0.1, -0.05) is 30.3 Å². The molecule has 1 saturated heterocycles. The molecular weight excluding hydrogens is 254 g/mol. The normalized spacial score (nSPS) is 17.6. The molecule has 1 fully saturated rings. The van der Waals surface area contributed by atoms with E-state index in [9.17, 15) is 4.79 Å². The minimum absolute atomic E-state index is 0.130. The van der Waals surface area contributed by atoms with E-state index in [1.807, 2.05) is 30.3 Å². The fourth-order valence-corrected chi connectivity index (χ4v) is 2.49. The summed E-state index contributed by atoms with van der Waals surface area (Å²) in [7, 11) is 0. The van der Waals surface area contributed by atoms with Gasteiger partial charge in [0.15, 0.2) is 0 Å². The van der Waals surface area contributed by atoms with Crippen LogP contribution in [-0.4, -0.2) is 43.7 Å². The smallest absolute Gasteiger partial charge is 0.303 e. The maximum atomic E-state index is 11.2. The van der Waals surface area contributed by atoms with Crippen LogP contribution in [0.4, 0.5) is 0 Å². The van der Waals surface area contributed by atoms with E-state index in [1.165, 1.54) is 6.92 Å². The van der Waals surface area contributed by atoms with Crippen molar-refractivity contribution in [2.24, 2.45) is 0 Å². The monoisotopic (exact) mass is 277 g/mol. The lowest BCUT2D eigenvalue weighted by Crippen LogP contribution is -2.36. The molecule has 0 radical (unpaired) electrons. The average Bonchev–Trinajstić information content (AvgIpc) is 2.48. The van der Waals surface area contributed by atoms with Crippen LogP contribution in [0, 0.1) is 0 Å². The summed E-state index contributed by atoms with van der Waals surface area (Å²) >= 11 is 0. The van der Waals surface area contributed by atoms with Crippen molar-refractivity contribution in [3.8, 4) is 0 Å². The number of carbonyl (C=O) groups is 1. The summed E-state index contributed by atoms with van der Waals surface area (Å²) in [5, 5.41) is 0. The minimum Gasteiger partial charge on any atom is -0.458 e. The van der Waals surface area contributed by atoms with E-state index in [2.05, 4.69) is 4.90 Å². The van der Waals surface area contributed by atoms with Gasteiger partial charge in [0.1, 0.15) is 6.10 Å². The van der Waals surface area contributed by atoms with Gasteiger partial charge >= 0.3 is 5.97 Å². The number of hydrogen-bond donors (Lipinski definition) is 0. The van der Waals surface area contributed by atoms with Gasteiger partial charge in [-0.05, 0) is 24.9 Å². The molecule has 4 nitrogen and oxygen atoms in total. The molecule has 1 atom stereocenters. The van der Waals surface area contributed by atoms with Crippen LogP contribution in [0.2, 0.25) is 0 Å². The number of morpholine rings is 1. The molecule has 1 heterocycles. The fraction of sp³-hybridized carbons (Fsp3) is 0.562. The van der Waals surface area contributed by atoms with Crippen molar-refractivity contribution >= 4 is 5.97 Å². The third-order valence-electron chi connectivity index (χ3n) is 3.52. The molecule has 4 heteroatoms. The SMILES string of the molecule is CC(=O)OC(CCCN1CCOCC1)c1ccccc1. The molecule has 2 rings (SSSR count). The molecular formula is C16H23NO3. The number of esters is 1. The molecule has 1 aromatic rings. The van der Waals surface area contributed by atoms with Gasteiger partial charge in [0.25, 0.3) is 0 Å². The van der Waals surface area contributed by atoms with Crippen LogP contribution < -0.4 is 0 Å². The Bertz CT molecular complexity index is 401. The topological polar surface area (TPSA) is 38.8 Å². The highest BCUT2D eigenvalue weighted by atomic mass is 16.5. The predicted octanol–water partition coefficient (Wildman–Crippen LogP) is 2.40. The number of hydrogen-bond acceptors (Lipinski definition) is 4. The molecule has 0 aromatic heterocycles. The van der Waals surface area contributed by atoms with E-state index in [4.69, 9.17) is 9.47 Å². The lowest BCUT2D eigenvalue weighted by molar-refractivity contribution is -0.147. The van der Waals surface area contributed by atoms with Gasteiger partial charge in [-0.15, -0.1) is 0 Å². The Labute approximate surface area is 120 Å². The first kappa shape index (κ1) is 15.0. The van der Waals surface area contributed by atoms with Crippen molar-refractivity contribution in [1.82, 2.24) is 4.90 Å². The van der Waals surface area contributed by atoms with Crippen LogP contribution in [0.25, 0.3) is 0 Å². The fourth-order valence-electron chi connectivity index (χ4n) is 2.49. The number of nitrogens with zero attached hydrogens (tertiary/aromatic N) is 1. The van der Waals surface area contributed by atoms with Gasteiger partial charge < -0.3 is 9.47 Å². The van der Waals surface area contributed by atoms with E-state index in [1.54, 1.807) is 0 Å². The molecule has 0 bridgehead atoms. The quantitative estimate of drug-likeness (QED) is 0.749. The largest absolute Gasteiger partial charge is 0.458 e. The van der Waals surface area contributed by atoms with Crippen molar-refractivity contribution < 1.29 is 14.3 Å². The van der Waals surface area contributed by atoms with Crippen molar-refractivity contribution in [3.63, 3.8) is 0 Å². The number of ether oxygens (including phenoxy) is 2. The Hall–Kier alpha value is -1.39. The Kier molecular flexibility index (Phi) is 6.02. The van der Waals surface area contributed by atoms with E-state index < -0.39 is 0 Å². The molecule has 0 spiro atoms. The van der Waals surface area contributed by atoms with Crippen LogP contribution in [0.15, 0.2) is 30.3 Å². The van der Waals surface area contributed by atoms with E-state index in [-0.39, 0.29) is 12.1 Å². The maximum Gasteiger partial charge on any atom is 0.303 e. The van der Waals surface area contributed by atoms with E-state index >= 15 is 0 Å². The average molecular weight is 277 g/mol. The number of carbonyl (C=O) groups excluding carboxylic acids is 1. The summed E-state index contributed by atoms with van der Waals surface area (Å²) < 4.78 is 10.8. The molecule has 1 unspecified atom stereocenters. The molecule has 0 aliphatic carbocycles. The first-order valence-electron chi connectivity index (χ1n) is 7.28. The standard InChI is InChI=1S/C16H23NO3/c1-14(18)20-16(15-6-3-2-4-7-15)8-5-9-17-10-12-19-13-11-17/h2-4,6-7,16H,5,8-13H2,1H3. The zero-order valence-electron chi connectivity index (χ0n) is 12.1. The second kappa shape index (κ2) is 8.02. The first-order chi connectivity index (χ1) is 9.75. The van der Waals surface area contributed by atoms with Gasteiger partial charge in [-0.3, -0.25) is 9.69 Å². The zero-order chi connectivity index (χ0) is 14.2. The van der Waals surface area contributed by atoms with E-state index in [0.29, 0.717) is 0 Å². The van der Waals surface area contributed by atoms with Crippen LogP contribution in [0.1, 0.15) is 31.4 Å². The molecule has 0 saturated carbocycles. The Balaban J connectivity index is 1.83. The second-order valence-corrected chi connectivity index (χ2v) is 5.11. The highest BCUT2D eigenvalue weighted by Gasteiger charge is 2.16. The molecule has 1 aromatic carbocycles. The summed E-state index contributed by atoms with van der Waals surface area (Å²) in [5.74, 6) is -0.217. The lowest BCUT2D eigenvalue weighted by atomic mass is 10.0.